The van der Waals surface area contributed by atoms with Gasteiger partial charge in [-0.15, -0.1) is 0 Å². The monoisotopic (exact) mass is 369 g/mol. The quantitative estimate of drug-likeness (QED) is 0.797. The van der Waals surface area contributed by atoms with Crippen LogP contribution in [0.5, 0.6) is 0 Å². The Morgan fingerprint density at radius 3 is 2.58 bits per heavy atom. The fraction of sp³-hybridized carbons (Fsp3) is 0.722. The van der Waals surface area contributed by atoms with E-state index in [1.165, 1.54) is 22.6 Å². The first-order chi connectivity index (χ1) is 12.1. The third kappa shape index (κ3) is 5.03. The minimum Gasteiger partial charge on any atom is -0.444 e. The van der Waals surface area contributed by atoms with Crippen molar-refractivity contribution in [3.8, 4) is 0 Å². The molecule has 1 unspecified atom stereocenters. The molecular weight excluding hydrogens is 341 g/mol. The number of hydrogen-bond acceptors (Lipinski definition) is 5. The van der Waals surface area contributed by atoms with Crippen LogP contribution >= 0.6 is 0 Å². The fourth-order valence-corrected chi connectivity index (χ4v) is 2.88. The van der Waals surface area contributed by atoms with Crippen molar-refractivity contribution >= 4 is 11.9 Å². The highest BCUT2D eigenvalue weighted by Gasteiger charge is 2.29. The maximum atomic E-state index is 14.7. The summed E-state index contributed by atoms with van der Waals surface area (Å²) in [6, 6.07) is 0. The molecule has 0 aromatic carbocycles. The molecule has 1 aliphatic heterocycles. The third-order valence-electron chi connectivity index (χ3n) is 4.16. The summed E-state index contributed by atoms with van der Waals surface area (Å²) >= 11 is 0. The molecule has 0 spiro atoms. The summed E-state index contributed by atoms with van der Waals surface area (Å²) in [4.78, 5) is 29.6. The van der Waals surface area contributed by atoms with Crippen LogP contribution in [0.15, 0.2) is 6.20 Å². The first kappa shape index (κ1) is 20.4. The van der Waals surface area contributed by atoms with Crippen LogP contribution in [0.25, 0.3) is 0 Å². The molecule has 0 saturated carbocycles. The van der Waals surface area contributed by atoms with Gasteiger partial charge in [-0.25, -0.2) is 14.2 Å². The zero-order valence-corrected chi connectivity index (χ0v) is 16.1. The number of carbonyl (C=O) groups is 2. The van der Waals surface area contributed by atoms with Gasteiger partial charge in [0, 0.05) is 26.2 Å². The van der Waals surface area contributed by atoms with Gasteiger partial charge >= 0.3 is 6.09 Å². The second-order valence-corrected chi connectivity index (χ2v) is 7.65. The zero-order chi connectivity index (χ0) is 19.5. The second-order valence-electron chi connectivity index (χ2n) is 7.65. The smallest absolute Gasteiger partial charge is 0.410 e. The highest BCUT2D eigenvalue weighted by molar-refractivity contribution is 5.78. The van der Waals surface area contributed by atoms with E-state index in [0.29, 0.717) is 24.7 Å². The summed E-state index contributed by atoms with van der Waals surface area (Å²) in [5, 5.41) is 0. The van der Waals surface area contributed by atoms with Crippen LogP contribution in [0, 0.1) is 0 Å². The number of rotatable bonds is 5. The van der Waals surface area contributed by atoms with E-state index in [1.54, 1.807) is 27.8 Å². The van der Waals surface area contributed by atoms with Crippen LogP contribution in [0.3, 0.4) is 0 Å². The van der Waals surface area contributed by atoms with E-state index >= 15 is 0 Å². The van der Waals surface area contributed by atoms with Gasteiger partial charge in [0.2, 0.25) is 6.30 Å². The van der Waals surface area contributed by atoms with E-state index in [4.69, 9.17) is 9.47 Å². The average Bonchev–Trinajstić information content (AvgIpc) is 2.96. The molecule has 0 radical (unpaired) electrons. The molecule has 146 valence electrons. The lowest BCUT2D eigenvalue weighted by atomic mass is 9.99. The molecule has 1 aromatic rings. The molecule has 26 heavy (non-hydrogen) atoms. The van der Waals surface area contributed by atoms with Crippen molar-refractivity contribution < 1.29 is 23.5 Å². The molecule has 1 atom stereocenters. The Hall–Kier alpha value is -1.96. The Bertz CT molecular complexity index is 647. The lowest BCUT2D eigenvalue weighted by Gasteiger charge is -2.26. The maximum absolute atomic E-state index is 14.7. The molecule has 2 heterocycles. The Kier molecular flexibility index (Phi) is 6.39. The number of aromatic nitrogens is 2. The molecule has 1 fully saturated rings. The first-order valence-corrected chi connectivity index (χ1v) is 8.82. The third-order valence-corrected chi connectivity index (χ3v) is 4.16. The van der Waals surface area contributed by atoms with Crippen molar-refractivity contribution in [1.82, 2.24) is 14.5 Å². The van der Waals surface area contributed by atoms with E-state index in [2.05, 4.69) is 4.98 Å². The Morgan fingerprint density at radius 1 is 1.42 bits per heavy atom. The topological polar surface area (TPSA) is 73.7 Å². The molecule has 2 rings (SSSR count). The van der Waals surface area contributed by atoms with Crippen LogP contribution in [0.2, 0.25) is 0 Å². The highest BCUT2D eigenvalue weighted by Crippen LogP contribution is 2.30. The maximum Gasteiger partial charge on any atom is 0.410 e. The number of alkyl halides is 1. The van der Waals surface area contributed by atoms with Gasteiger partial charge in [-0.3, -0.25) is 9.36 Å². The summed E-state index contributed by atoms with van der Waals surface area (Å²) in [6.07, 6.45) is 0.640. The van der Waals surface area contributed by atoms with Gasteiger partial charge in [0.15, 0.2) is 5.78 Å². The number of ketones is 1. The molecule has 0 N–H and O–H groups in total. The highest BCUT2D eigenvalue weighted by atomic mass is 19.1. The van der Waals surface area contributed by atoms with Crippen molar-refractivity contribution in [3.05, 3.63) is 17.7 Å². The Labute approximate surface area is 153 Å². The minimum atomic E-state index is -1.82. The summed E-state index contributed by atoms with van der Waals surface area (Å²) in [6.45, 7) is 7.81. The van der Waals surface area contributed by atoms with Crippen LogP contribution in [0.4, 0.5) is 9.18 Å². The van der Waals surface area contributed by atoms with Crippen LogP contribution < -0.4 is 0 Å². The van der Waals surface area contributed by atoms with E-state index in [0.717, 1.165) is 12.8 Å². The number of Topliss-reactive ketones (excluding diaryl/α,β-unsaturated/α-hetero) is 1. The minimum absolute atomic E-state index is 0.0296. The lowest BCUT2D eigenvalue weighted by Crippen LogP contribution is -2.34. The van der Waals surface area contributed by atoms with Crippen molar-refractivity contribution in [2.45, 2.75) is 64.9 Å². The van der Waals surface area contributed by atoms with E-state index < -0.39 is 23.8 Å². The molecule has 1 aliphatic rings. The van der Waals surface area contributed by atoms with E-state index in [9.17, 15) is 14.0 Å². The number of hydrogen-bond donors (Lipinski definition) is 0. The Balaban J connectivity index is 2.25. The molecule has 0 aliphatic carbocycles. The lowest BCUT2D eigenvalue weighted by molar-refractivity contribution is -0.124. The van der Waals surface area contributed by atoms with Crippen LogP contribution in [-0.2, 0) is 20.8 Å². The summed E-state index contributed by atoms with van der Waals surface area (Å²) < 4.78 is 26.7. The fourth-order valence-electron chi connectivity index (χ4n) is 2.88. The molecule has 1 saturated heterocycles. The first-order valence-electron chi connectivity index (χ1n) is 8.82. The molecule has 0 bridgehead atoms. The predicted molar refractivity (Wildman–Crippen MR) is 93.5 cm³/mol. The molecule has 1 amide bonds. The summed E-state index contributed by atoms with van der Waals surface area (Å²) in [5.41, 5.74) is -0.163. The van der Waals surface area contributed by atoms with Crippen LogP contribution in [0.1, 0.15) is 64.3 Å². The Morgan fingerprint density at radius 2 is 2.04 bits per heavy atom. The average molecular weight is 369 g/mol. The number of halogens is 1. The van der Waals surface area contributed by atoms with Gasteiger partial charge in [-0.2, -0.15) is 0 Å². The second kappa shape index (κ2) is 8.16. The molecule has 1 aromatic heterocycles. The molecular formula is C18H28FN3O4. The van der Waals surface area contributed by atoms with Crippen LogP contribution in [-0.4, -0.2) is 52.2 Å². The standard InChI is InChI=1S/C18H28FN3O4/c1-12(23)15(19)22-14(11-21(5)17(24)26-18(2,3)4)10-20-16(22)13-6-8-25-9-7-13/h10,13,15H,6-9,11H2,1-5H3. The van der Waals surface area contributed by atoms with Crippen molar-refractivity contribution in [1.29, 1.82) is 0 Å². The van der Waals surface area contributed by atoms with E-state index in [-0.39, 0.29) is 12.5 Å². The summed E-state index contributed by atoms with van der Waals surface area (Å²) in [7, 11) is 1.57. The van der Waals surface area contributed by atoms with Gasteiger partial charge in [-0.1, -0.05) is 0 Å². The SMILES string of the molecule is CC(=O)C(F)n1c(CN(C)C(=O)OC(C)(C)C)cnc1C1CCOCC1. The van der Waals surface area contributed by atoms with Crippen molar-refractivity contribution in [3.63, 3.8) is 0 Å². The van der Waals surface area contributed by atoms with Crippen molar-refractivity contribution in [2.24, 2.45) is 0 Å². The van der Waals surface area contributed by atoms with Crippen molar-refractivity contribution in [2.75, 3.05) is 20.3 Å². The predicted octanol–water partition coefficient (Wildman–Crippen LogP) is 3.20. The number of amides is 1. The molecule has 7 nitrogen and oxygen atoms in total. The number of imidazole rings is 1. The number of ether oxygens (including phenoxy) is 2. The normalized spacial score (nSPS) is 17.0. The van der Waals surface area contributed by atoms with Gasteiger partial charge in [-0.05, 0) is 40.5 Å². The van der Waals surface area contributed by atoms with Gasteiger partial charge in [0.1, 0.15) is 11.4 Å². The van der Waals surface area contributed by atoms with Gasteiger partial charge in [0.05, 0.1) is 18.4 Å². The molecule has 8 heteroatoms. The van der Waals surface area contributed by atoms with Gasteiger partial charge < -0.3 is 14.4 Å². The van der Waals surface area contributed by atoms with Gasteiger partial charge in [0.25, 0.3) is 0 Å². The number of nitrogens with zero attached hydrogens (tertiary/aromatic N) is 3. The number of carbonyl (C=O) groups excluding carboxylic acids is 2. The zero-order valence-electron chi connectivity index (χ0n) is 16.1. The summed E-state index contributed by atoms with van der Waals surface area (Å²) in [5.74, 6) is -0.0389. The van der Waals surface area contributed by atoms with E-state index in [1.807, 2.05) is 0 Å². The largest absolute Gasteiger partial charge is 0.444 e.